The van der Waals surface area contributed by atoms with E-state index in [1.54, 1.807) is 42.7 Å². The summed E-state index contributed by atoms with van der Waals surface area (Å²) >= 11 is 0. The van der Waals surface area contributed by atoms with Gasteiger partial charge in [0.1, 0.15) is 0 Å². The molecule has 1 aliphatic heterocycles. The van der Waals surface area contributed by atoms with Crippen molar-refractivity contribution >= 4 is 22.7 Å². The number of hydrogen-bond acceptors (Lipinski definition) is 6. The lowest BCUT2D eigenvalue weighted by molar-refractivity contribution is -0.130. The molecule has 4 aromatic rings. The zero-order chi connectivity index (χ0) is 23.8. The second-order valence-corrected chi connectivity index (χ2v) is 8.13. The lowest BCUT2D eigenvalue weighted by Gasteiger charge is -2.27. The van der Waals surface area contributed by atoms with Crippen molar-refractivity contribution in [2.75, 3.05) is 7.11 Å². The number of carbonyl (C=O) groups is 2. The third-order valence-electron chi connectivity index (χ3n) is 6.06. The smallest absolute Gasteiger partial charge is 0.290 e. The van der Waals surface area contributed by atoms with Crippen LogP contribution in [0, 0.1) is 6.92 Å². The first-order valence-corrected chi connectivity index (χ1v) is 10.8. The van der Waals surface area contributed by atoms with Crippen molar-refractivity contribution in [1.82, 2.24) is 9.88 Å². The van der Waals surface area contributed by atoms with Crippen LogP contribution < -0.4 is 4.74 Å². The molecule has 1 N–H and O–H groups in total. The molecule has 0 fully saturated rings. The normalized spacial score (nSPS) is 15.9. The molecule has 7 heteroatoms. The van der Waals surface area contributed by atoms with Gasteiger partial charge in [-0.2, -0.15) is 0 Å². The number of carbonyl (C=O) groups excluding carboxylic acids is 2. The van der Waals surface area contributed by atoms with E-state index in [0.29, 0.717) is 16.7 Å². The quantitative estimate of drug-likeness (QED) is 0.416. The standard InChI is InChI=1S/C27H22N2O5/c1-16-7-3-4-10-19(16)23-22(25(31)27(32)29(23)15-17-8-6-12-28-14-17)24(30)21-13-18-9-5-11-20(33-2)26(18)34-21/h3-14,23,31H,15H2,1-2H3. The fourth-order valence-corrected chi connectivity index (χ4v) is 4.40. The number of benzene rings is 2. The Bertz CT molecular complexity index is 1440. The van der Waals surface area contributed by atoms with Gasteiger partial charge in [0.15, 0.2) is 22.9 Å². The summed E-state index contributed by atoms with van der Waals surface area (Å²) in [7, 11) is 1.52. The van der Waals surface area contributed by atoms with Gasteiger partial charge in [0, 0.05) is 24.3 Å². The maximum Gasteiger partial charge on any atom is 0.290 e. The van der Waals surface area contributed by atoms with Crippen molar-refractivity contribution in [2.24, 2.45) is 0 Å². The van der Waals surface area contributed by atoms with Gasteiger partial charge in [-0.15, -0.1) is 0 Å². The average molecular weight is 454 g/mol. The molecule has 1 atom stereocenters. The van der Waals surface area contributed by atoms with Crippen LogP contribution in [0.5, 0.6) is 5.75 Å². The molecular formula is C27H22N2O5. The fraction of sp³-hybridized carbons (Fsp3) is 0.148. The Morgan fingerprint density at radius 3 is 2.71 bits per heavy atom. The van der Waals surface area contributed by atoms with E-state index >= 15 is 0 Å². The van der Waals surface area contributed by atoms with E-state index in [1.807, 2.05) is 37.3 Å². The highest BCUT2D eigenvalue weighted by Crippen LogP contribution is 2.42. The highest BCUT2D eigenvalue weighted by molar-refractivity contribution is 6.16. The molecule has 7 nitrogen and oxygen atoms in total. The number of rotatable bonds is 6. The monoisotopic (exact) mass is 454 g/mol. The molecule has 0 saturated carbocycles. The third kappa shape index (κ3) is 3.51. The molecule has 0 aliphatic carbocycles. The number of hydrogen-bond donors (Lipinski definition) is 1. The molecule has 3 heterocycles. The minimum Gasteiger partial charge on any atom is -0.503 e. The van der Waals surface area contributed by atoms with Crippen molar-refractivity contribution in [3.05, 3.63) is 107 Å². The van der Waals surface area contributed by atoms with Gasteiger partial charge in [0.25, 0.3) is 5.91 Å². The fourth-order valence-electron chi connectivity index (χ4n) is 4.40. The highest BCUT2D eigenvalue weighted by atomic mass is 16.5. The number of methoxy groups -OCH3 is 1. The van der Waals surface area contributed by atoms with Gasteiger partial charge in [0.05, 0.1) is 18.7 Å². The van der Waals surface area contributed by atoms with Crippen LogP contribution in [0.3, 0.4) is 0 Å². The number of ketones is 1. The van der Waals surface area contributed by atoms with Gasteiger partial charge in [0.2, 0.25) is 5.78 Å². The summed E-state index contributed by atoms with van der Waals surface area (Å²) in [4.78, 5) is 32.6. The molecular weight excluding hydrogens is 432 g/mol. The number of amides is 1. The zero-order valence-corrected chi connectivity index (χ0v) is 18.7. The van der Waals surface area contributed by atoms with Crippen molar-refractivity contribution in [1.29, 1.82) is 0 Å². The first-order chi connectivity index (χ1) is 16.5. The van der Waals surface area contributed by atoms with Gasteiger partial charge in [-0.05, 0) is 41.8 Å². The molecule has 1 unspecified atom stereocenters. The van der Waals surface area contributed by atoms with Crippen LogP contribution in [0.4, 0.5) is 0 Å². The number of nitrogens with zero attached hydrogens (tertiary/aromatic N) is 2. The number of para-hydroxylation sites is 1. The number of furan rings is 1. The number of aliphatic hydroxyl groups excluding tert-OH is 1. The van der Waals surface area contributed by atoms with E-state index in [4.69, 9.17) is 9.15 Å². The van der Waals surface area contributed by atoms with Crippen molar-refractivity contribution in [3.8, 4) is 5.75 Å². The van der Waals surface area contributed by atoms with Crippen LogP contribution in [0.25, 0.3) is 11.0 Å². The third-order valence-corrected chi connectivity index (χ3v) is 6.06. The second-order valence-electron chi connectivity index (χ2n) is 8.13. The van der Waals surface area contributed by atoms with Crippen molar-refractivity contribution in [2.45, 2.75) is 19.5 Å². The molecule has 5 rings (SSSR count). The van der Waals surface area contributed by atoms with Crippen LogP contribution in [0.1, 0.15) is 33.3 Å². The van der Waals surface area contributed by atoms with E-state index in [9.17, 15) is 14.7 Å². The van der Waals surface area contributed by atoms with Crippen LogP contribution in [-0.2, 0) is 11.3 Å². The van der Waals surface area contributed by atoms with E-state index in [2.05, 4.69) is 4.98 Å². The van der Waals surface area contributed by atoms with Crippen LogP contribution in [-0.4, -0.2) is 33.8 Å². The summed E-state index contributed by atoms with van der Waals surface area (Å²) in [5, 5.41) is 11.6. The lowest BCUT2D eigenvalue weighted by atomic mass is 9.92. The first-order valence-electron chi connectivity index (χ1n) is 10.8. The largest absolute Gasteiger partial charge is 0.503 e. The molecule has 34 heavy (non-hydrogen) atoms. The van der Waals surface area contributed by atoms with E-state index in [-0.39, 0.29) is 17.9 Å². The predicted molar refractivity (Wildman–Crippen MR) is 125 cm³/mol. The summed E-state index contributed by atoms with van der Waals surface area (Å²) in [6, 6.07) is 17.3. The molecule has 0 bridgehead atoms. The molecule has 0 radical (unpaired) electrons. The summed E-state index contributed by atoms with van der Waals surface area (Å²) < 4.78 is 11.2. The summed E-state index contributed by atoms with van der Waals surface area (Å²) in [5.74, 6) is -1.23. The summed E-state index contributed by atoms with van der Waals surface area (Å²) in [6.45, 7) is 2.09. The van der Waals surface area contributed by atoms with Gasteiger partial charge in [-0.25, -0.2) is 0 Å². The van der Waals surface area contributed by atoms with E-state index in [1.165, 1.54) is 12.0 Å². The molecule has 1 aliphatic rings. The van der Waals surface area contributed by atoms with Gasteiger partial charge in [-0.1, -0.05) is 42.5 Å². The van der Waals surface area contributed by atoms with Crippen molar-refractivity contribution < 1.29 is 23.8 Å². The zero-order valence-electron chi connectivity index (χ0n) is 18.7. The topological polar surface area (TPSA) is 92.9 Å². The van der Waals surface area contributed by atoms with E-state index < -0.39 is 23.5 Å². The minimum atomic E-state index is -0.781. The Morgan fingerprint density at radius 1 is 1.15 bits per heavy atom. The molecule has 2 aromatic carbocycles. The number of fused-ring (bicyclic) bond motifs is 1. The van der Waals surface area contributed by atoms with Gasteiger partial charge in [-0.3, -0.25) is 14.6 Å². The summed E-state index contributed by atoms with van der Waals surface area (Å²) in [6.07, 6.45) is 3.30. The van der Waals surface area contributed by atoms with E-state index in [0.717, 1.165) is 16.7 Å². The number of Topliss-reactive ketones (excluding diaryl/α,β-unsaturated/α-hetero) is 1. The Balaban J connectivity index is 1.62. The SMILES string of the molecule is COc1cccc2cc(C(=O)C3=C(O)C(=O)N(Cc4cccnc4)C3c3ccccc3C)oc12. The Labute approximate surface area is 195 Å². The van der Waals surface area contributed by atoms with Gasteiger partial charge < -0.3 is 19.2 Å². The number of aryl methyl sites for hydroxylation is 1. The number of aliphatic hydroxyl groups is 1. The van der Waals surface area contributed by atoms with Crippen LogP contribution in [0.15, 0.2) is 88.8 Å². The highest BCUT2D eigenvalue weighted by Gasteiger charge is 2.45. The minimum absolute atomic E-state index is 0.0128. The molecule has 1 amide bonds. The predicted octanol–water partition coefficient (Wildman–Crippen LogP) is 4.92. The maximum atomic E-state index is 13.7. The average Bonchev–Trinajstić information content (AvgIpc) is 3.40. The number of aromatic nitrogens is 1. The van der Waals surface area contributed by atoms with Crippen LogP contribution >= 0.6 is 0 Å². The van der Waals surface area contributed by atoms with Crippen LogP contribution in [0.2, 0.25) is 0 Å². The summed E-state index contributed by atoms with van der Waals surface area (Å²) in [5.41, 5.74) is 2.84. The molecule has 170 valence electrons. The Hall–Kier alpha value is -4.39. The Kier molecular flexibility index (Phi) is 5.37. The molecule has 0 spiro atoms. The maximum absolute atomic E-state index is 13.7. The first kappa shape index (κ1) is 21.5. The molecule has 2 aromatic heterocycles. The molecule has 0 saturated heterocycles. The van der Waals surface area contributed by atoms with Crippen molar-refractivity contribution in [3.63, 3.8) is 0 Å². The number of pyridine rings is 1. The Morgan fingerprint density at radius 2 is 1.97 bits per heavy atom. The van der Waals surface area contributed by atoms with Gasteiger partial charge >= 0.3 is 0 Å². The lowest BCUT2D eigenvalue weighted by Crippen LogP contribution is -2.31. The number of ether oxygens (including phenoxy) is 1. The second kappa shape index (κ2) is 8.51.